The molecule has 0 unspecified atom stereocenters. The molecule has 1 atom stereocenters. The number of amides is 1. The molecule has 30 heavy (non-hydrogen) atoms. The van der Waals surface area contributed by atoms with Crippen molar-refractivity contribution in [2.45, 2.75) is 25.9 Å². The fourth-order valence-electron chi connectivity index (χ4n) is 2.82. The zero-order valence-corrected chi connectivity index (χ0v) is 17.5. The lowest BCUT2D eigenvalue weighted by Gasteiger charge is -2.15. The van der Waals surface area contributed by atoms with Gasteiger partial charge in [-0.05, 0) is 48.7 Å². The van der Waals surface area contributed by atoms with Crippen molar-refractivity contribution < 1.29 is 32.9 Å². The largest absolute Gasteiger partial charge is 0.493 e. The van der Waals surface area contributed by atoms with Crippen molar-refractivity contribution in [3.63, 3.8) is 0 Å². The second kappa shape index (κ2) is 11.0. The molecule has 0 radical (unpaired) electrons. The second-order valence-corrected chi connectivity index (χ2v) is 6.51. The van der Waals surface area contributed by atoms with Crippen LogP contribution in [0.15, 0.2) is 36.4 Å². The number of carbonyl (C=O) groups is 2. The van der Waals surface area contributed by atoms with Crippen LogP contribution in [0, 0.1) is 5.82 Å². The lowest BCUT2D eigenvalue weighted by atomic mass is 10.1. The van der Waals surface area contributed by atoms with Gasteiger partial charge in [-0.2, -0.15) is 0 Å². The summed E-state index contributed by atoms with van der Waals surface area (Å²) >= 11 is 0. The smallest absolute Gasteiger partial charge is 0.311 e. The maximum absolute atomic E-state index is 12.9. The fraction of sp³-hybridized carbons (Fsp3) is 0.364. The van der Waals surface area contributed by atoms with Gasteiger partial charge in [0.2, 0.25) is 5.75 Å². The summed E-state index contributed by atoms with van der Waals surface area (Å²) in [6.45, 7) is 1.85. The van der Waals surface area contributed by atoms with E-state index in [4.69, 9.17) is 18.9 Å². The summed E-state index contributed by atoms with van der Waals surface area (Å²) in [4.78, 5) is 24.4. The second-order valence-electron chi connectivity index (χ2n) is 6.51. The van der Waals surface area contributed by atoms with Gasteiger partial charge in [-0.25, -0.2) is 4.39 Å². The number of hydrogen-bond acceptors (Lipinski definition) is 6. The van der Waals surface area contributed by atoms with E-state index in [0.717, 1.165) is 5.56 Å². The minimum Gasteiger partial charge on any atom is -0.493 e. The molecule has 0 saturated heterocycles. The number of halogens is 1. The maximum Gasteiger partial charge on any atom is 0.311 e. The molecule has 0 aliphatic carbocycles. The number of carbonyl (C=O) groups excluding carboxylic acids is 2. The summed E-state index contributed by atoms with van der Waals surface area (Å²) < 4.78 is 33.9. The summed E-state index contributed by atoms with van der Waals surface area (Å²) in [6, 6.07) is 9.34. The van der Waals surface area contributed by atoms with Crippen molar-refractivity contribution in [2.75, 3.05) is 27.9 Å². The summed E-state index contributed by atoms with van der Waals surface area (Å²) in [5, 5.41) is 2.70. The summed E-state index contributed by atoms with van der Waals surface area (Å²) in [6.07, 6.45) is -0.477. The van der Waals surface area contributed by atoms with Crippen LogP contribution in [0.2, 0.25) is 0 Å². The Kier molecular flexibility index (Phi) is 8.46. The Morgan fingerprint density at radius 3 is 2.10 bits per heavy atom. The molecule has 0 fully saturated rings. The molecule has 1 amide bonds. The van der Waals surface area contributed by atoms with E-state index in [1.807, 2.05) is 0 Å². The molecule has 0 aromatic heterocycles. The SMILES string of the molecule is COc1cc(CC(=O)O[C@H](C)C(=O)NCCc2ccc(F)cc2)cc(OC)c1OC. The predicted octanol–water partition coefficient (Wildman–Crippen LogP) is 2.68. The first-order valence-corrected chi connectivity index (χ1v) is 9.38. The van der Waals surface area contributed by atoms with Crippen molar-refractivity contribution >= 4 is 11.9 Å². The van der Waals surface area contributed by atoms with Crippen LogP contribution in [0.5, 0.6) is 17.2 Å². The van der Waals surface area contributed by atoms with Crippen LogP contribution in [0.25, 0.3) is 0 Å². The van der Waals surface area contributed by atoms with E-state index >= 15 is 0 Å². The third-order valence-corrected chi connectivity index (χ3v) is 4.38. The van der Waals surface area contributed by atoms with E-state index in [0.29, 0.717) is 35.8 Å². The van der Waals surface area contributed by atoms with Crippen LogP contribution in [-0.4, -0.2) is 45.9 Å². The van der Waals surface area contributed by atoms with Gasteiger partial charge in [0.1, 0.15) is 5.82 Å². The van der Waals surface area contributed by atoms with Crippen LogP contribution in [0.3, 0.4) is 0 Å². The molecule has 0 spiro atoms. The quantitative estimate of drug-likeness (QED) is 0.597. The monoisotopic (exact) mass is 419 g/mol. The molecule has 0 bridgehead atoms. The maximum atomic E-state index is 12.9. The Morgan fingerprint density at radius 2 is 1.57 bits per heavy atom. The van der Waals surface area contributed by atoms with Crippen LogP contribution in [0.4, 0.5) is 4.39 Å². The predicted molar refractivity (Wildman–Crippen MR) is 108 cm³/mol. The molecular weight excluding hydrogens is 393 g/mol. The Balaban J connectivity index is 1.87. The standard InChI is InChI=1S/C22H26FNO6/c1-14(22(26)24-10-9-15-5-7-17(23)8-6-15)30-20(25)13-16-11-18(27-2)21(29-4)19(12-16)28-3/h5-8,11-12,14H,9-10,13H2,1-4H3,(H,24,26)/t14-/m1/s1. The van der Waals surface area contributed by atoms with Crippen LogP contribution in [-0.2, 0) is 27.2 Å². The van der Waals surface area contributed by atoms with Crippen molar-refractivity contribution in [3.05, 3.63) is 53.3 Å². The Morgan fingerprint density at radius 1 is 0.967 bits per heavy atom. The molecule has 162 valence electrons. The molecule has 7 nitrogen and oxygen atoms in total. The fourth-order valence-corrected chi connectivity index (χ4v) is 2.82. The molecule has 8 heteroatoms. The molecule has 0 saturated carbocycles. The highest BCUT2D eigenvalue weighted by molar-refractivity contribution is 5.84. The number of hydrogen-bond donors (Lipinski definition) is 1. The van der Waals surface area contributed by atoms with Crippen LogP contribution < -0.4 is 19.5 Å². The van der Waals surface area contributed by atoms with E-state index < -0.39 is 18.0 Å². The van der Waals surface area contributed by atoms with E-state index in [9.17, 15) is 14.0 Å². The van der Waals surface area contributed by atoms with E-state index in [-0.39, 0.29) is 12.2 Å². The van der Waals surface area contributed by atoms with Crippen molar-refractivity contribution in [1.82, 2.24) is 5.32 Å². The van der Waals surface area contributed by atoms with Gasteiger partial charge in [0.25, 0.3) is 5.91 Å². The normalized spacial score (nSPS) is 11.4. The summed E-state index contributed by atoms with van der Waals surface area (Å²) in [5.41, 5.74) is 1.49. The van der Waals surface area contributed by atoms with E-state index in [1.165, 1.54) is 40.4 Å². The van der Waals surface area contributed by atoms with Crippen LogP contribution in [0.1, 0.15) is 18.1 Å². The van der Waals surface area contributed by atoms with Gasteiger partial charge in [-0.1, -0.05) is 12.1 Å². The zero-order valence-electron chi connectivity index (χ0n) is 17.5. The Bertz CT molecular complexity index is 843. The third kappa shape index (κ3) is 6.37. The van der Waals surface area contributed by atoms with Gasteiger partial charge in [0.15, 0.2) is 17.6 Å². The van der Waals surface area contributed by atoms with Gasteiger partial charge in [-0.3, -0.25) is 9.59 Å². The Hall–Kier alpha value is -3.29. The third-order valence-electron chi connectivity index (χ3n) is 4.38. The first-order valence-electron chi connectivity index (χ1n) is 9.38. The highest BCUT2D eigenvalue weighted by Gasteiger charge is 2.19. The molecule has 2 aromatic rings. The van der Waals surface area contributed by atoms with E-state index in [1.54, 1.807) is 24.3 Å². The molecule has 0 heterocycles. The highest BCUT2D eigenvalue weighted by atomic mass is 19.1. The zero-order chi connectivity index (χ0) is 22.1. The first-order chi connectivity index (χ1) is 14.4. The summed E-state index contributed by atoms with van der Waals surface area (Å²) in [5.74, 6) is -0.0141. The summed E-state index contributed by atoms with van der Waals surface area (Å²) in [7, 11) is 4.46. The number of benzene rings is 2. The van der Waals surface area contributed by atoms with E-state index in [2.05, 4.69) is 5.32 Å². The van der Waals surface area contributed by atoms with Gasteiger partial charge >= 0.3 is 5.97 Å². The molecule has 0 aliphatic heterocycles. The number of ether oxygens (including phenoxy) is 4. The number of rotatable bonds is 10. The number of esters is 1. The molecule has 2 rings (SSSR count). The minimum absolute atomic E-state index is 0.0656. The highest BCUT2D eigenvalue weighted by Crippen LogP contribution is 2.38. The molecule has 2 aromatic carbocycles. The number of methoxy groups -OCH3 is 3. The lowest BCUT2D eigenvalue weighted by Crippen LogP contribution is -2.37. The van der Waals surface area contributed by atoms with Gasteiger partial charge in [0.05, 0.1) is 27.8 Å². The molecular formula is C22H26FNO6. The van der Waals surface area contributed by atoms with Gasteiger partial charge in [-0.15, -0.1) is 0 Å². The van der Waals surface area contributed by atoms with Gasteiger partial charge in [0, 0.05) is 6.54 Å². The molecule has 1 N–H and O–H groups in total. The average molecular weight is 419 g/mol. The molecule has 0 aliphatic rings. The topological polar surface area (TPSA) is 83.1 Å². The minimum atomic E-state index is -0.951. The van der Waals surface area contributed by atoms with Crippen molar-refractivity contribution in [1.29, 1.82) is 0 Å². The van der Waals surface area contributed by atoms with Crippen molar-refractivity contribution in [3.8, 4) is 17.2 Å². The number of nitrogens with one attached hydrogen (secondary N) is 1. The van der Waals surface area contributed by atoms with Crippen LogP contribution >= 0.6 is 0 Å². The van der Waals surface area contributed by atoms with Crippen molar-refractivity contribution in [2.24, 2.45) is 0 Å². The Labute approximate surface area is 175 Å². The van der Waals surface area contributed by atoms with Gasteiger partial charge < -0.3 is 24.3 Å². The lowest BCUT2D eigenvalue weighted by molar-refractivity contribution is -0.154. The average Bonchev–Trinajstić information content (AvgIpc) is 2.74. The first kappa shape index (κ1) is 23.0.